The lowest BCUT2D eigenvalue weighted by Gasteiger charge is -2.33. The van der Waals surface area contributed by atoms with Gasteiger partial charge in [0.25, 0.3) is 0 Å². The monoisotopic (exact) mass is 248 g/mol. The topological polar surface area (TPSA) is 64.3 Å². The summed E-state index contributed by atoms with van der Waals surface area (Å²) in [4.78, 5) is 11.3. The molecular weight excluding hydrogens is 228 g/mol. The first-order chi connectivity index (χ1) is 8.88. The Balaban J connectivity index is 1.73. The predicted octanol–water partition coefficient (Wildman–Crippen LogP) is 0.686. The molecule has 3 rings (SSSR count). The highest BCUT2D eigenvalue weighted by molar-refractivity contribution is 5.15. The zero-order valence-corrected chi connectivity index (χ0v) is 10.6. The zero-order valence-electron chi connectivity index (χ0n) is 10.6. The van der Waals surface area contributed by atoms with Gasteiger partial charge in [0.05, 0.1) is 19.3 Å². The molecule has 2 N–H and O–H groups in total. The van der Waals surface area contributed by atoms with Crippen LogP contribution in [0.15, 0.2) is 12.4 Å². The van der Waals surface area contributed by atoms with Crippen LogP contribution in [0.25, 0.3) is 0 Å². The molecular formula is C13H20N4O. The van der Waals surface area contributed by atoms with E-state index in [0.29, 0.717) is 12.5 Å². The number of rotatable bonds is 4. The normalized spacial score (nSPS) is 22.9. The molecule has 1 atom stereocenters. The van der Waals surface area contributed by atoms with Crippen molar-refractivity contribution in [1.82, 2.24) is 14.9 Å². The van der Waals surface area contributed by atoms with Gasteiger partial charge in [-0.25, -0.2) is 9.97 Å². The number of hydrogen-bond donors (Lipinski definition) is 1. The third kappa shape index (κ3) is 2.53. The van der Waals surface area contributed by atoms with Gasteiger partial charge in [-0.1, -0.05) is 0 Å². The Labute approximate surface area is 107 Å². The molecule has 0 radical (unpaired) electrons. The highest BCUT2D eigenvalue weighted by Crippen LogP contribution is 2.37. The minimum Gasteiger partial charge on any atom is -0.379 e. The molecule has 5 nitrogen and oxygen atoms in total. The highest BCUT2D eigenvalue weighted by Gasteiger charge is 2.27. The molecule has 1 aromatic rings. The molecule has 2 fully saturated rings. The van der Waals surface area contributed by atoms with E-state index in [9.17, 15) is 0 Å². The van der Waals surface area contributed by atoms with E-state index in [1.807, 2.05) is 12.4 Å². The molecule has 2 aliphatic rings. The van der Waals surface area contributed by atoms with Crippen molar-refractivity contribution in [1.29, 1.82) is 0 Å². The fourth-order valence-corrected chi connectivity index (χ4v) is 2.46. The quantitative estimate of drug-likeness (QED) is 0.849. The summed E-state index contributed by atoms with van der Waals surface area (Å²) in [5, 5.41) is 0. The molecule has 98 valence electrons. The summed E-state index contributed by atoms with van der Waals surface area (Å²) in [6.45, 7) is 4.06. The van der Waals surface area contributed by atoms with Gasteiger partial charge < -0.3 is 10.5 Å². The molecule has 5 heteroatoms. The van der Waals surface area contributed by atoms with Crippen molar-refractivity contribution < 1.29 is 4.74 Å². The first-order valence-electron chi connectivity index (χ1n) is 6.72. The van der Waals surface area contributed by atoms with Gasteiger partial charge in [0.1, 0.15) is 5.82 Å². The molecule has 0 spiro atoms. The SMILES string of the molecule is NCC(c1cnc(C2CC2)nc1)N1CCOCC1. The van der Waals surface area contributed by atoms with Gasteiger partial charge in [-0.3, -0.25) is 4.90 Å². The van der Waals surface area contributed by atoms with Gasteiger partial charge in [-0.05, 0) is 12.8 Å². The lowest BCUT2D eigenvalue weighted by atomic mass is 10.1. The van der Waals surface area contributed by atoms with Crippen LogP contribution in [-0.4, -0.2) is 47.7 Å². The summed E-state index contributed by atoms with van der Waals surface area (Å²) >= 11 is 0. The van der Waals surface area contributed by atoms with Crippen molar-refractivity contribution >= 4 is 0 Å². The molecule has 1 aliphatic carbocycles. The third-order valence-electron chi connectivity index (χ3n) is 3.73. The second kappa shape index (κ2) is 5.30. The number of aromatic nitrogens is 2. The number of nitrogens with zero attached hydrogens (tertiary/aromatic N) is 3. The number of nitrogens with two attached hydrogens (primary N) is 1. The fourth-order valence-electron chi connectivity index (χ4n) is 2.46. The predicted molar refractivity (Wildman–Crippen MR) is 68.2 cm³/mol. The van der Waals surface area contributed by atoms with Crippen molar-refractivity contribution in [3.8, 4) is 0 Å². The molecule has 1 saturated heterocycles. The van der Waals surface area contributed by atoms with Gasteiger partial charge in [0.15, 0.2) is 0 Å². The molecule has 1 aromatic heterocycles. The highest BCUT2D eigenvalue weighted by atomic mass is 16.5. The van der Waals surface area contributed by atoms with E-state index in [4.69, 9.17) is 10.5 Å². The summed E-state index contributed by atoms with van der Waals surface area (Å²) in [5.74, 6) is 1.61. The van der Waals surface area contributed by atoms with Gasteiger partial charge >= 0.3 is 0 Å². The van der Waals surface area contributed by atoms with E-state index >= 15 is 0 Å². The number of morpholine rings is 1. The van der Waals surface area contributed by atoms with Crippen LogP contribution in [0.2, 0.25) is 0 Å². The molecule has 1 aliphatic heterocycles. The second-order valence-electron chi connectivity index (χ2n) is 5.05. The third-order valence-corrected chi connectivity index (χ3v) is 3.73. The maximum absolute atomic E-state index is 5.91. The molecule has 0 aromatic carbocycles. The first kappa shape index (κ1) is 12.0. The standard InChI is InChI=1S/C13H20N4O/c14-7-12(17-3-5-18-6-4-17)11-8-15-13(16-9-11)10-1-2-10/h8-10,12H,1-7,14H2. The van der Waals surface area contributed by atoms with Crippen LogP contribution in [0.1, 0.15) is 36.2 Å². The van der Waals surface area contributed by atoms with Crippen molar-refractivity contribution in [2.45, 2.75) is 24.8 Å². The van der Waals surface area contributed by atoms with E-state index in [0.717, 1.165) is 37.7 Å². The molecule has 18 heavy (non-hydrogen) atoms. The fraction of sp³-hybridized carbons (Fsp3) is 0.692. The zero-order chi connectivity index (χ0) is 12.4. The average Bonchev–Trinajstić information content (AvgIpc) is 3.26. The Bertz CT molecular complexity index is 384. The minimum atomic E-state index is 0.224. The number of hydrogen-bond acceptors (Lipinski definition) is 5. The molecule has 0 bridgehead atoms. The molecule has 1 unspecified atom stereocenters. The number of ether oxygens (including phenoxy) is 1. The molecule has 0 amide bonds. The van der Waals surface area contributed by atoms with Crippen LogP contribution >= 0.6 is 0 Å². The lowest BCUT2D eigenvalue weighted by Crippen LogP contribution is -2.41. The lowest BCUT2D eigenvalue weighted by molar-refractivity contribution is 0.0177. The van der Waals surface area contributed by atoms with E-state index < -0.39 is 0 Å². The summed E-state index contributed by atoms with van der Waals surface area (Å²) in [7, 11) is 0. The van der Waals surface area contributed by atoms with Crippen LogP contribution in [0.4, 0.5) is 0 Å². The van der Waals surface area contributed by atoms with Gasteiger partial charge in [0.2, 0.25) is 0 Å². The first-order valence-corrected chi connectivity index (χ1v) is 6.72. The van der Waals surface area contributed by atoms with E-state index in [1.165, 1.54) is 12.8 Å². The molecule has 2 heterocycles. The van der Waals surface area contributed by atoms with Crippen molar-refractivity contribution in [3.05, 3.63) is 23.8 Å². The second-order valence-corrected chi connectivity index (χ2v) is 5.05. The largest absolute Gasteiger partial charge is 0.379 e. The van der Waals surface area contributed by atoms with Gasteiger partial charge in [0, 0.05) is 43.5 Å². The van der Waals surface area contributed by atoms with Crippen molar-refractivity contribution in [3.63, 3.8) is 0 Å². The van der Waals surface area contributed by atoms with Gasteiger partial charge in [-0.15, -0.1) is 0 Å². The summed E-state index contributed by atoms with van der Waals surface area (Å²) in [6.07, 6.45) is 6.38. The van der Waals surface area contributed by atoms with Crippen LogP contribution in [-0.2, 0) is 4.74 Å². The average molecular weight is 248 g/mol. The minimum absolute atomic E-state index is 0.224. The smallest absolute Gasteiger partial charge is 0.131 e. The Kier molecular flexibility index (Phi) is 3.54. The Hall–Kier alpha value is -1.04. The maximum atomic E-state index is 5.91. The van der Waals surface area contributed by atoms with Crippen LogP contribution < -0.4 is 5.73 Å². The summed E-state index contributed by atoms with van der Waals surface area (Å²) < 4.78 is 5.38. The Morgan fingerprint density at radius 3 is 2.50 bits per heavy atom. The van der Waals surface area contributed by atoms with Crippen LogP contribution in [0.5, 0.6) is 0 Å². The maximum Gasteiger partial charge on any atom is 0.131 e. The van der Waals surface area contributed by atoms with E-state index in [-0.39, 0.29) is 6.04 Å². The molecule has 1 saturated carbocycles. The van der Waals surface area contributed by atoms with Crippen LogP contribution in [0, 0.1) is 0 Å². The van der Waals surface area contributed by atoms with Crippen LogP contribution in [0.3, 0.4) is 0 Å². The summed E-state index contributed by atoms with van der Waals surface area (Å²) in [6, 6.07) is 0.224. The Morgan fingerprint density at radius 2 is 1.94 bits per heavy atom. The van der Waals surface area contributed by atoms with Crippen molar-refractivity contribution in [2.75, 3.05) is 32.8 Å². The van der Waals surface area contributed by atoms with E-state index in [2.05, 4.69) is 14.9 Å². The van der Waals surface area contributed by atoms with E-state index in [1.54, 1.807) is 0 Å². The van der Waals surface area contributed by atoms with Crippen molar-refractivity contribution in [2.24, 2.45) is 5.73 Å². The summed E-state index contributed by atoms with van der Waals surface area (Å²) in [5.41, 5.74) is 7.04. The Morgan fingerprint density at radius 1 is 1.28 bits per heavy atom. The van der Waals surface area contributed by atoms with Gasteiger partial charge in [-0.2, -0.15) is 0 Å².